The summed E-state index contributed by atoms with van der Waals surface area (Å²) in [5.74, 6) is 0.313. The summed E-state index contributed by atoms with van der Waals surface area (Å²) in [4.78, 5) is 13.9. The lowest BCUT2D eigenvalue weighted by Crippen LogP contribution is -2.41. The minimum Gasteiger partial charge on any atom is -0.481 e. The highest BCUT2D eigenvalue weighted by Gasteiger charge is 2.32. The molecule has 1 fully saturated rings. The van der Waals surface area contributed by atoms with E-state index >= 15 is 0 Å². The normalized spacial score (nSPS) is 17.8. The number of benzene rings is 3. The van der Waals surface area contributed by atoms with Gasteiger partial charge in [0, 0.05) is 16.6 Å². The molecule has 2 unspecified atom stereocenters. The van der Waals surface area contributed by atoms with Crippen LogP contribution in [-0.2, 0) is 4.79 Å². The number of likely N-dealkylation sites (tertiary alicyclic amines) is 1. The van der Waals surface area contributed by atoms with Gasteiger partial charge in [-0.2, -0.15) is 0 Å². The second kappa shape index (κ2) is 9.73. The number of ether oxygens (including phenoxy) is 1. The van der Waals surface area contributed by atoms with Gasteiger partial charge in [-0.3, -0.25) is 9.69 Å². The summed E-state index contributed by atoms with van der Waals surface area (Å²) in [5, 5.41) is 10.7. The molecule has 0 aliphatic carbocycles. The fourth-order valence-electron chi connectivity index (χ4n) is 4.13. The van der Waals surface area contributed by atoms with Gasteiger partial charge in [0.25, 0.3) is 0 Å². The largest absolute Gasteiger partial charge is 0.481 e. The molecule has 3 aromatic carbocycles. The molecular formula is C25H23Cl2NO3. The van der Waals surface area contributed by atoms with Crippen molar-refractivity contribution in [3.05, 3.63) is 94.0 Å². The van der Waals surface area contributed by atoms with E-state index in [1.54, 1.807) is 6.07 Å². The highest BCUT2D eigenvalue weighted by Crippen LogP contribution is 2.38. The number of carbonyl (C=O) groups is 1. The molecule has 0 spiro atoms. The average Bonchev–Trinajstić information content (AvgIpc) is 2.77. The zero-order valence-corrected chi connectivity index (χ0v) is 18.4. The molecule has 0 saturated carbocycles. The quantitative estimate of drug-likeness (QED) is 0.450. The van der Waals surface area contributed by atoms with Crippen molar-refractivity contribution in [1.29, 1.82) is 0 Å². The standard InChI is InChI=1S/C25H23Cl2NO3/c26-19-11-12-22(23(27)15-19)24(28-13-5-7-18(16-28)25(29)30)17-6-4-10-21(14-17)31-20-8-2-1-3-9-20/h1-4,6,8-12,14-15,18,24H,5,7,13,16H2,(H,29,30). The van der Waals surface area contributed by atoms with E-state index < -0.39 is 11.9 Å². The molecule has 3 aromatic rings. The smallest absolute Gasteiger partial charge is 0.307 e. The molecule has 6 heteroatoms. The van der Waals surface area contributed by atoms with Crippen LogP contribution < -0.4 is 4.74 Å². The Morgan fingerprint density at radius 1 is 1.00 bits per heavy atom. The number of hydrogen-bond acceptors (Lipinski definition) is 3. The van der Waals surface area contributed by atoms with E-state index in [4.69, 9.17) is 27.9 Å². The minimum absolute atomic E-state index is 0.203. The highest BCUT2D eigenvalue weighted by atomic mass is 35.5. The number of halogens is 2. The number of nitrogens with zero attached hydrogens (tertiary/aromatic N) is 1. The Morgan fingerprint density at radius 2 is 1.77 bits per heavy atom. The number of para-hydroxylation sites is 1. The van der Waals surface area contributed by atoms with Crippen molar-refractivity contribution in [2.45, 2.75) is 18.9 Å². The molecular weight excluding hydrogens is 433 g/mol. The molecule has 4 nitrogen and oxygen atoms in total. The second-order valence-corrected chi connectivity index (χ2v) is 8.57. The first-order chi connectivity index (χ1) is 15.0. The molecule has 4 rings (SSSR count). The highest BCUT2D eigenvalue weighted by molar-refractivity contribution is 6.35. The first-order valence-electron chi connectivity index (χ1n) is 10.3. The van der Waals surface area contributed by atoms with Crippen molar-refractivity contribution in [2.75, 3.05) is 13.1 Å². The van der Waals surface area contributed by atoms with Gasteiger partial charge in [0.1, 0.15) is 11.5 Å². The SMILES string of the molecule is O=C(O)C1CCCN(C(c2cccc(Oc3ccccc3)c2)c2ccc(Cl)cc2Cl)C1. The van der Waals surface area contributed by atoms with Gasteiger partial charge in [0.2, 0.25) is 0 Å². The summed E-state index contributed by atoms with van der Waals surface area (Å²) < 4.78 is 6.03. The van der Waals surface area contributed by atoms with Crippen molar-refractivity contribution < 1.29 is 14.6 Å². The van der Waals surface area contributed by atoms with Crippen LogP contribution in [0.15, 0.2) is 72.8 Å². The van der Waals surface area contributed by atoms with Gasteiger partial charge in [0.15, 0.2) is 0 Å². The summed E-state index contributed by atoms with van der Waals surface area (Å²) in [6.07, 6.45) is 1.50. The second-order valence-electron chi connectivity index (χ2n) is 7.73. The summed E-state index contributed by atoms with van der Waals surface area (Å²) >= 11 is 12.7. The molecule has 2 atom stereocenters. The van der Waals surface area contributed by atoms with Gasteiger partial charge in [0.05, 0.1) is 12.0 Å². The Hall–Kier alpha value is -2.53. The first kappa shape index (κ1) is 21.7. The Labute approximate surface area is 192 Å². The van der Waals surface area contributed by atoms with Crippen LogP contribution in [0.3, 0.4) is 0 Å². The molecule has 0 radical (unpaired) electrons. The lowest BCUT2D eigenvalue weighted by molar-refractivity contribution is -0.143. The van der Waals surface area contributed by atoms with Crippen LogP contribution in [0.2, 0.25) is 10.0 Å². The maximum atomic E-state index is 11.7. The van der Waals surface area contributed by atoms with Crippen LogP contribution in [-0.4, -0.2) is 29.1 Å². The Kier molecular flexibility index (Phi) is 6.81. The van der Waals surface area contributed by atoms with Crippen molar-refractivity contribution in [3.8, 4) is 11.5 Å². The summed E-state index contributed by atoms with van der Waals surface area (Å²) in [6.45, 7) is 1.25. The fourth-order valence-corrected chi connectivity index (χ4v) is 4.64. The molecule has 1 aliphatic rings. The molecule has 0 bridgehead atoms. The van der Waals surface area contributed by atoms with E-state index in [1.165, 1.54) is 0 Å². The number of carboxylic acids is 1. The van der Waals surface area contributed by atoms with Crippen molar-refractivity contribution in [3.63, 3.8) is 0 Å². The zero-order valence-electron chi connectivity index (χ0n) is 16.9. The molecule has 31 heavy (non-hydrogen) atoms. The molecule has 1 aliphatic heterocycles. The van der Waals surface area contributed by atoms with Gasteiger partial charge >= 0.3 is 5.97 Å². The monoisotopic (exact) mass is 455 g/mol. The zero-order chi connectivity index (χ0) is 21.8. The van der Waals surface area contributed by atoms with E-state index in [0.29, 0.717) is 28.8 Å². The van der Waals surface area contributed by atoms with E-state index in [9.17, 15) is 9.90 Å². The van der Waals surface area contributed by atoms with Crippen LogP contribution >= 0.6 is 23.2 Å². The van der Waals surface area contributed by atoms with Crippen LogP contribution in [0.25, 0.3) is 0 Å². The molecule has 1 saturated heterocycles. The predicted molar refractivity (Wildman–Crippen MR) is 123 cm³/mol. The lowest BCUT2D eigenvalue weighted by atomic mass is 9.91. The van der Waals surface area contributed by atoms with Crippen LogP contribution in [0.1, 0.15) is 30.0 Å². The minimum atomic E-state index is -0.758. The Morgan fingerprint density at radius 3 is 2.52 bits per heavy atom. The topological polar surface area (TPSA) is 49.8 Å². The van der Waals surface area contributed by atoms with Crippen LogP contribution in [0.5, 0.6) is 11.5 Å². The van der Waals surface area contributed by atoms with Gasteiger partial charge in [-0.05, 0) is 66.9 Å². The van der Waals surface area contributed by atoms with Gasteiger partial charge in [-0.1, -0.05) is 59.6 Å². The van der Waals surface area contributed by atoms with Crippen LogP contribution in [0, 0.1) is 5.92 Å². The number of piperidine rings is 1. The summed E-state index contributed by atoms with van der Waals surface area (Å²) in [7, 11) is 0. The summed E-state index contributed by atoms with van der Waals surface area (Å²) in [6, 6.07) is 22.7. The average molecular weight is 456 g/mol. The number of rotatable bonds is 6. The van der Waals surface area contributed by atoms with E-state index in [2.05, 4.69) is 4.90 Å². The molecule has 160 valence electrons. The Bertz CT molecular complexity index is 1060. The number of hydrogen-bond donors (Lipinski definition) is 1. The predicted octanol–water partition coefficient (Wildman–Crippen LogP) is 6.67. The third-order valence-electron chi connectivity index (χ3n) is 5.58. The van der Waals surface area contributed by atoms with E-state index in [0.717, 1.165) is 29.8 Å². The third-order valence-corrected chi connectivity index (χ3v) is 6.14. The van der Waals surface area contributed by atoms with E-state index in [1.807, 2.05) is 66.7 Å². The molecule has 1 heterocycles. The maximum absolute atomic E-state index is 11.7. The Balaban J connectivity index is 1.72. The molecule has 1 N–H and O–H groups in total. The fraction of sp³-hybridized carbons (Fsp3) is 0.240. The van der Waals surface area contributed by atoms with Crippen LogP contribution in [0.4, 0.5) is 0 Å². The maximum Gasteiger partial charge on any atom is 0.307 e. The van der Waals surface area contributed by atoms with Gasteiger partial charge < -0.3 is 9.84 Å². The summed E-state index contributed by atoms with van der Waals surface area (Å²) in [5.41, 5.74) is 1.89. The number of carboxylic acid groups (broad SMARTS) is 1. The molecule has 0 aromatic heterocycles. The first-order valence-corrected chi connectivity index (χ1v) is 11.0. The number of aliphatic carboxylic acids is 1. The third kappa shape index (κ3) is 5.21. The van der Waals surface area contributed by atoms with Gasteiger partial charge in [-0.25, -0.2) is 0 Å². The lowest BCUT2D eigenvalue weighted by Gasteiger charge is -2.38. The van der Waals surface area contributed by atoms with Crippen molar-refractivity contribution in [1.82, 2.24) is 4.90 Å². The van der Waals surface area contributed by atoms with Crippen molar-refractivity contribution >= 4 is 29.2 Å². The van der Waals surface area contributed by atoms with Gasteiger partial charge in [-0.15, -0.1) is 0 Å². The van der Waals surface area contributed by atoms with E-state index in [-0.39, 0.29) is 6.04 Å². The van der Waals surface area contributed by atoms with Crippen molar-refractivity contribution in [2.24, 2.45) is 5.92 Å². The molecule has 0 amide bonds.